The zero-order valence-electron chi connectivity index (χ0n) is 19.2. The number of hydrogen-bond donors (Lipinski definition) is 1. The molecular weight excluding hydrogens is 448 g/mol. The van der Waals surface area contributed by atoms with E-state index < -0.39 is 0 Å². The van der Waals surface area contributed by atoms with Crippen molar-refractivity contribution in [3.8, 4) is 11.3 Å². The fraction of sp³-hybridized carbons (Fsp3) is 0.308. The number of aromatic nitrogens is 2. The minimum Gasteiger partial charge on any atom is -0.462 e. The zero-order valence-corrected chi connectivity index (χ0v) is 20.0. The van der Waals surface area contributed by atoms with Crippen LogP contribution < -0.4 is 10.2 Å². The van der Waals surface area contributed by atoms with E-state index in [1.807, 2.05) is 12.1 Å². The largest absolute Gasteiger partial charge is 0.462 e. The number of anilines is 2. The predicted molar refractivity (Wildman–Crippen MR) is 135 cm³/mol. The van der Waals surface area contributed by atoms with E-state index in [9.17, 15) is 9.59 Å². The number of amides is 1. The van der Waals surface area contributed by atoms with Gasteiger partial charge in [0.25, 0.3) is 0 Å². The Morgan fingerprint density at radius 1 is 0.941 bits per heavy atom. The second-order valence-electron chi connectivity index (χ2n) is 7.99. The molecule has 4 rings (SSSR count). The fourth-order valence-corrected chi connectivity index (χ4v) is 4.40. The normalized spacial score (nSPS) is 13.4. The summed E-state index contributed by atoms with van der Waals surface area (Å²) in [5.41, 5.74) is 4.15. The topological polar surface area (TPSA) is 84.4 Å². The van der Waals surface area contributed by atoms with Gasteiger partial charge in [0, 0.05) is 30.0 Å². The molecule has 176 valence electrons. The molecule has 3 aromatic rings. The molecule has 1 aliphatic rings. The lowest BCUT2D eigenvalue weighted by Gasteiger charge is -2.28. The summed E-state index contributed by atoms with van der Waals surface area (Å²) in [7, 11) is 0. The molecular formula is C26H28N4O3S. The molecule has 8 heteroatoms. The lowest BCUT2D eigenvalue weighted by atomic mass is 10.1. The van der Waals surface area contributed by atoms with Gasteiger partial charge in [0.05, 0.1) is 23.6 Å². The van der Waals surface area contributed by atoms with E-state index in [4.69, 9.17) is 4.74 Å². The van der Waals surface area contributed by atoms with Crippen LogP contribution in [0.4, 0.5) is 11.4 Å². The molecule has 1 fully saturated rings. The maximum absolute atomic E-state index is 12.3. The molecule has 0 aliphatic carbocycles. The molecule has 0 unspecified atom stereocenters. The van der Waals surface area contributed by atoms with Gasteiger partial charge in [-0.1, -0.05) is 23.9 Å². The third-order valence-electron chi connectivity index (χ3n) is 5.56. The summed E-state index contributed by atoms with van der Waals surface area (Å²) in [5.74, 6) is -0.331. The van der Waals surface area contributed by atoms with Crippen molar-refractivity contribution in [2.45, 2.75) is 31.2 Å². The van der Waals surface area contributed by atoms with E-state index in [2.05, 4.69) is 44.7 Å². The van der Waals surface area contributed by atoms with Crippen molar-refractivity contribution in [2.24, 2.45) is 0 Å². The quantitative estimate of drug-likeness (QED) is 0.360. The van der Waals surface area contributed by atoms with Crippen molar-refractivity contribution in [2.75, 3.05) is 35.7 Å². The standard InChI is InChI=1S/C26H28N4O3S/c1-2-33-26(32)20-6-10-21(11-7-20)27-24(31)18-34-25-15-14-23(28-29-25)19-8-12-22(13-9-19)30-16-4-3-5-17-30/h6-15H,2-5,16-18H2,1H3,(H,27,31). The number of nitrogens with one attached hydrogen (secondary N) is 1. The molecule has 1 N–H and O–H groups in total. The van der Waals surface area contributed by atoms with Gasteiger partial charge in [-0.3, -0.25) is 4.79 Å². The monoisotopic (exact) mass is 476 g/mol. The molecule has 0 radical (unpaired) electrons. The van der Waals surface area contributed by atoms with Crippen LogP contribution >= 0.6 is 11.8 Å². The summed E-state index contributed by atoms with van der Waals surface area (Å²) < 4.78 is 4.96. The van der Waals surface area contributed by atoms with Crippen molar-refractivity contribution in [3.63, 3.8) is 0 Å². The average molecular weight is 477 g/mol. The van der Waals surface area contributed by atoms with Crippen molar-refractivity contribution >= 4 is 35.0 Å². The summed E-state index contributed by atoms with van der Waals surface area (Å²) in [6.45, 7) is 4.33. The number of piperidine rings is 1. The maximum atomic E-state index is 12.3. The number of carbonyl (C=O) groups is 2. The SMILES string of the molecule is CCOC(=O)c1ccc(NC(=O)CSc2ccc(-c3ccc(N4CCCCC4)cc3)nn2)cc1. The predicted octanol–water partition coefficient (Wildman–Crippen LogP) is 5.04. The Morgan fingerprint density at radius 3 is 2.32 bits per heavy atom. The average Bonchev–Trinajstić information content (AvgIpc) is 2.89. The van der Waals surface area contributed by atoms with Gasteiger partial charge in [0.15, 0.2) is 0 Å². The molecule has 1 aliphatic heterocycles. The van der Waals surface area contributed by atoms with Gasteiger partial charge in [-0.15, -0.1) is 10.2 Å². The first-order valence-corrected chi connectivity index (χ1v) is 12.5. The number of nitrogens with zero attached hydrogens (tertiary/aromatic N) is 3. The van der Waals surface area contributed by atoms with Crippen LogP contribution in [0, 0.1) is 0 Å². The summed E-state index contributed by atoms with van der Waals surface area (Å²) >= 11 is 1.32. The van der Waals surface area contributed by atoms with E-state index in [1.54, 1.807) is 31.2 Å². The van der Waals surface area contributed by atoms with Gasteiger partial charge < -0.3 is 15.0 Å². The first-order chi connectivity index (χ1) is 16.6. The van der Waals surface area contributed by atoms with E-state index in [-0.39, 0.29) is 17.6 Å². The van der Waals surface area contributed by atoms with Gasteiger partial charge in [-0.25, -0.2) is 4.79 Å². The minimum absolute atomic E-state index is 0.159. The molecule has 1 aromatic heterocycles. The molecule has 7 nitrogen and oxygen atoms in total. The Bertz CT molecular complexity index is 1100. The number of rotatable bonds is 8. The number of carbonyl (C=O) groups excluding carboxylic acids is 2. The molecule has 1 saturated heterocycles. The molecule has 2 heterocycles. The van der Waals surface area contributed by atoms with Crippen molar-refractivity contribution in [1.29, 1.82) is 0 Å². The van der Waals surface area contributed by atoms with Crippen LogP contribution in [-0.2, 0) is 9.53 Å². The number of esters is 1. The van der Waals surface area contributed by atoms with Gasteiger partial charge >= 0.3 is 5.97 Å². The van der Waals surface area contributed by atoms with Crippen molar-refractivity contribution in [3.05, 3.63) is 66.2 Å². The second kappa shape index (κ2) is 11.7. The smallest absolute Gasteiger partial charge is 0.338 e. The van der Waals surface area contributed by atoms with Crippen molar-refractivity contribution in [1.82, 2.24) is 10.2 Å². The fourth-order valence-electron chi connectivity index (χ4n) is 3.79. The van der Waals surface area contributed by atoms with Crippen LogP contribution in [0.25, 0.3) is 11.3 Å². The number of hydrogen-bond acceptors (Lipinski definition) is 7. The highest BCUT2D eigenvalue weighted by atomic mass is 32.2. The van der Waals surface area contributed by atoms with Crippen LogP contribution in [-0.4, -0.2) is 47.5 Å². The zero-order chi connectivity index (χ0) is 23.8. The third-order valence-corrected chi connectivity index (χ3v) is 6.48. The Morgan fingerprint density at radius 2 is 1.68 bits per heavy atom. The van der Waals surface area contributed by atoms with Crippen LogP contribution in [0.1, 0.15) is 36.5 Å². The molecule has 0 atom stereocenters. The van der Waals surface area contributed by atoms with Gasteiger partial charge in [-0.2, -0.15) is 0 Å². The molecule has 2 aromatic carbocycles. The molecule has 0 saturated carbocycles. The van der Waals surface area contributed by atoms with Crippen LogP contribution in [0.5, 0.6) is 0 Å². The summed E-state index contributed by atoms with van der Waals surface area (Å²) in [5, 5.41) is 12.1. The van der Waals surface area contributed by atoms with Crippen LogP contribution in [0.2, 0.25) is 0 Å². The Hall–Kier alpha value is -3.39. The van der Waals surface area contributed by atoms with Gasteiger partial charge in [0.2, 0.25) is 5.91 Å². The summed E-state index contributed by atoms with van der Waals surface area (Å²) in [6.07, 6.45) is 3.83. The van der Waals surface area contributed by atoms with Crippen molar-refractivity contribution < 1.29 is 14.3 Å². The Balaban J connectivity index is 1.27. The van der Waals surface area contributed by atoms with E-state index in [0.717, 1.165) is 24.3 Å². The summed E-state index contributed by atoms with van der Waals surface area (Å²) in [6, 6.07) is 18.9. The summed E-state index contributed by atoms with van der Waals surface area (Å²) in [4.78, 5) is 26.4. The highest BCUT2D eigenvalue weighted by Crippen LogP contribution is 2.25. The van der Waals surface area contributed by atoms with Gasteiger partial charge in [0.1, 0.15) is 5.03 Å². The molecule has 0 bridgehead atoms. The highest BCUT2D eigenvalue weighted by Gasteiger charge is 2.12. The van der Waals surface area contributed by atoms with Gasteiger partial charge in [-0.05, 0) is 74.7 Å². The lowest BCUT2D eigenvalue weighted by molar-refractivity contribution is -0.113. The second-order valence-corrected chi connectivity index (χ2v) is 8.98. The van der Waals surface area contributed by atoms with Crippen LogP contribution in [0.15, 0.2) is 65.7 Å². The highest BCUT2D eigenvalue weighted by molar-refractivity contribution is 7.99. The Labute approximate surface area is 203 Å². The molecule has 0 spiro atoms. The van der Waals surface area contributed by atoms with E-state index >= 15 is 0 Å². The van der Waals surface area contributed by atoms with E-state index in [0.29, 0.717) is 22.9 Å². The maximum Gasteiger partial charge on any atom is 0.338 e. The Kier molecular flexibility index (Phi) is 8.14. The third kappa shape index (κ3) is 6.35. The number of thioether (sulfide) groups is 1. The van der Waals surface area contributed by atoms with Crippen LogP contribution in [0.3, 0.4) is 0 Å². The molecule has 34 heavy (non-hydrogen) atoms. The molecule has 1 amide bonds. The first-order valence-electron chi connectivity index (χ1n) is 11.5. The van der Waals surface area contributed by atoms with E-state index in [1.165, 1.54) is 36.7 Å². The number of benzene rings is 2. The minimum atomic E-state index is -0.379. The lowest BCUT2D eigenvalue weighted by Crippen LogP contribution is -2.29. The number of ether oxygens (including phenoxy) is 1. The first kappa shape index (κ1) is 23.8.